The predicted octanol–water partition coefficient (Wildman–Crippen LogP) is 2.70. The van der Waals surface area contributed by atoms with Gasteiger partial charge in [0.2, 0.25) is 0 Å². The van der Waals surface area contributed by atoms with E-state index in [-0.39, 0.29) is 12.0 Å². The lowest BCUT2D eigenvalue weighted by molar-refractivity contribution is 0.0751. The first-order valence-electron chi connectivity index (χ1n) is 9.54. The van der Waals surface area contributed by atoms with E-state index in [2.05, 4.69) is 17.0 Å². The molecule has 0 bridgehead atoms. The Morgan fingerprint density at radius 3 is 3.00 bits per heavy atom. The summed E-state index contributed by atoms with van der Waals surface area (Å²) in [6.07, 6.45) is 7.80. The molecule has 138 valence electrons. The number of rotatable bonds is 5. The molecule has 1 amide bonds. The minimum absolute atomic E-state index is 0.0943. The monoisotopic (exact) mass is 354 g/mol. The maximum atomic E-state index is 13.0. The SMILES string of the molecule is CCCc1cc(C(=O)N2C[C@H]3CC[C@H](Oc4cccnc4)[C@H]3C2)n(C)n1. The number of likely N-dealkylation sites (tertiary alicyclic amines) is 1. The van der Waals surface area contributed by atoms with Crippen LogP contribution in [0.5, 0.6) is 5.75 Å². The molecule has 0 unspecified atom stereocenters. The van der Waals surface area contributed by atoms with Gasteiger partial charge < -0.3 is 9.64 Å². The molecule has 2 fully saturated rings. The fraction of sp³-hybridized carbons (Fsp3) is 0.550. The number of hydrogen-bond donors (Lipinski definition) is 0. The van der Waals surface area contributed by atoms with E-state index < -0.39 is 0 Å². The second-order valence-electron chi connectivity index (χ2n) is 7.45. The average molecular weight is 354 g/mol. The van der Waals surface area contributed by atoms with Gasteiger partial charge in [0, 0.05) is 32.3 Å². The lowest BCUT2D eigenvalue weighted by Gasteiger charge is -2.22. The number of amides is 1. The molecule has 1 saturated carbocycles. The first kappa shape index (κ1) is 17.1. The van der Waals surface area contributed by atoms with E-state index in [0.29, 0.717) is 17.5 Å². The molecule has 0 N–H and O–H groups in total. The third kappa shape index (κ3) is 3.20. The molecule has 3 atom stereocenters. The molecule has 3 heterocycles. The summed E-state index contributed by atoms with van der Waals surface area (Å²) in [6.45, 7) is 3.72. The number of nitrogens with zero attached hydrogens (tertiary/aromatic N) is 4. The number of carbonyl (C=O) groups is 1. The number of fused-ring (bicyclic) bond motifs is 1. The Kier molecular flexibility index (Phi) is 4.66. The van der Waals surface area contributed by atoms with Gasteiger partial charge in [-0.15, -0.1) is 0 Å². The Labute approximate surface area is 154 Å². The molecule has 2 aromatic rings. The molecule has 4 rings (SSSR count). The smallest absolute Gasteiger partial charge is 0.272 e. The van der Waals surface area contributed by atoms with Crippen LogP contribution < -0.4 is 4.74 Å². The van der Waals surface area contributed by atoms with Gasteiger partial charge in [-0.3, -0.25) is 14.5 Å². The number of carbonyl (C=O) groups excluding carboxylic acids is 1. The summed E-state index contributed by atoms with van der Waals surface area (Å²) in [5.74, 6) is 1.85. The highest BCUT2D eigenvalue weighted by atomic mass is 16.5. The van der Waals surface area contributed by atoms with Gasteiger partial charge in [0.05, 0.1) is 11.9 Å². The zero-order valence-corrected chi connectivity index (χ0v) is 15.5. The van der Waals surface area contributed by atoms with Crippen molar-refractivity contribution in [1.29, 1.82) is 0 Å². The molecule has 0 spiro atoms. The molecular formula is C20H26N4O2. The maximum Gasteiger partial charge on any atom is 0.272 e. The van der Waals surface area contributed by atoms with Crippen molar-refractivity contribution in [2.45, 2.75) is 38.7 Å². The second-order valence-corrected chi connectivity index (χ2v) is 7.45. The average Bonchev–Trinajstić information content (AvgIpc) is 3.31. The molecule has 1 aliphatic carbocycles. The van der Waals surface area contributed by atoms with Crippen molar-refractivity contribution >= 4 is 5.91 Å². The highest BCUT2D eigenvalue weighted by Crippen LogP contribution is 2.40. The highest BCUT2D eigenvalue weighted by molar-refractivity contribution is 5.93. The fourth-order valence-electron chi connectivity index (χ4n) is 4.39. The largest absolute Gasteiger partial charge is 0.488 e. The van der Waals surface area contributed by atoms with Crippen LogP contribution in [-0.2, 0) is 13.5 Å². The van der Waals surface area contributed by atoms with Crippen molar-refractivity contribution < 1.29 is 9.53 Å². The van der Waals surface area contributed by atoms with Gasteiger partial charge in [0.25, 0.3) is 5.91 Å². The first-order chi connectivity index (χ1) is 12.7. The van der Waals surface area contributed by atoms with Gasteiger partial charge >= 0.3 is 0 Å². The van der Waals surface area contributed by atoms with Crippen molar-refractivity contribution in [3.05, 3.63) is 42.0 Å². The summed E-state index contributed by atoms with van der Waals surface area (Å²) >= 11 is 0. The molecule has 2 aromatic heterocycles. The molecule has 6 heteroatoms. The topological polar surface area (TPSA) is 60.3 Å². The predicted molar refractivity (Wildman–Crippen MR) is 98.0 cm³/mol. The van der Waals surface area contributed by atoms with Crippen LogP contribution in [-0.4, -0.2) is 44.8 Å². The zero-order chi connectivity index (χ0) is 18.1. The molecule has 6 nitrogen and oxygen atoms in total. The minimum Gasteiger partial charge on any atom is -0.488 e. The first-order valence-corrected chi connectivity index (χ1v) is 9.54. The Morgan fingerprint density at radius 1 is 1.35 bits per heavy atom. The Balaban J connectivity index is 1.44. The van der Waals surface area contributed by atoms with E-state index in [1.54, 1.807) is 17.1 Å². The van der Waals surface area contributed by atoms with Crippen LogP contribution in [0.25, 0.3) is 0 Å². The third-order valence-corrected chi connectivity index (χ3v) is 5.66. The second kappa shape index (κ2) is 7.09. The quantitative estimate of drug-likeness (QED) is 0.828. The van der Waals surface area contributed by atoms with Gasteiger partial charge in [-0.05, 0) is 43.4 Å². The highest BCUT2D eigenvalue weighted by Gasteiger charge is 2.45. The van der Waals surface area contributed by atoms with Gasteiger partial charge in [-0.1, -0.05) is 13.3 Å². The molecule has 0 radical (unpaired) electrons. The summed E-state index contributed by atoms with van der Waals surface area (Å²) in [6, 6.07) is 5.79. The molecule has 1 aliphatic heterocycles. The van der Waals surface area contributed by atoms with Crippen molar-refractivity contribution in [3.8, 4) is 5.75 Å². The molecule has 26 heavy (non-hydrogen) atoms. The summed E-state index contributed by atoms with van der Waals surface area (Å²) in [4.78, 5) is 19.1. The summed E-state index contributed by atoms with van der Waals surface area (Å²) in [5, 5.41) is 4.47. The van der Waals surface area contributed by atoms with Crippen molar-refractivity contribution in [2.75, 3.05) is 13.1 Å². The number of hydrogen-bond acceptors (Lipinski definition) is 4. The van der Waals surface area contributed by atoms with E-state index in [9.17, 15) is 4.79 Å². The number of ether oxygens (including phenoxy) is 1. The van der Waals surface area contributed by atoms with Crippen LogP contribution in [0.1, 0.15) is 42.4 Å². The zero-order valence-electron chi connectivity index (χ0n) is 15.5. The number of aryl methyl sites for hydroxylation is 2. The lowest BCUT2D eigenvalue weighted by Crippen LogP contribution is -2.33. The molecule has 2 aliphatic rings. The lowest BCUT2D eigenvalue weighted by atomic mass is 9.99. The van der Waals surface area contributed by atoms with E-state index in [4.69, 9.17) is 4.74 Å². The van der Waals surface area contributed by atoms with Crippen LogP contribution in [0.4, 0.5) is 0 Å². The number of pyridine rings is 1. The van der Waals surface area contributed by atoms with Crippen molar-refractivity contribution in [3.63, 3.8) is 0 Å². The maximum absolute atomic E-state index is 13.0. The molecule has 1 saturated heterocycles. The van der Waals surface area contributed by atoms with E-state index >= 15 is 0 Å². The Bertz CT molecular complexity index is 773. The van der Waals surface area contributed by atoms with Crippen molar-refractivity contribution in [1.82, 2.24) is 19.7 Å². The summed E-state index contributed by atoms with van der Waals surface area (Å²) in [7, 11) is 1.86. The standard InChI is InChI=1S/C20H26N4O2/c1-3-5-15-10-18(23(2)22-15)20(25)24-12-14-7-8-19(17(14)13-24)26-16-6-4-9-21-11-16/h4,6,9-11,14,17,19H,3,5,7-8,12-13H2,1-2H3/t14-,17+,19+/m1/s1. The van der Waals surface area contributed by atoms with Gasteiger partial charge in [0.15, 0.2) is 0 Å². The molecular weight excluding hydrogens is 328 g/mol. The van der Waals surface area contributed by atoms with Crippen molar-refractivity contribution in [2.24, 2.45) is 18.9 Å². The van der Waals surface area contributed by atoms with E-state index in [1.807, 2.05) is 30.1 Å². The Hall–Kier alpha value is -2.37. The van der Waals surface area contributed by atoms with Crippen LogP contribution in [0.15, 0.2) is 30.6 Å². The normalized spacial score (nSPS) is 24.7. The van der Waals surface area contributed by atoms with Crippen LogP contribution in [0.2, 0.25) is 0 Å². The van der Waals surface area contributed by atoms with Crippen LogP contribution >= 0.6 is 0 Å². The third-order valence-electron chi connectivity index (χ3n) is 5.66. The minimum atomic E-state index is 0.0943. The van der Waals surface area contributed by atoms with E-state index in [0.717, 1.165) is 50.2 Å². The fourth-order valence-corrected chi connectivity index (χ4v) is 4.39. The van der Waals surface area contributed by atoms with Gasteiger partial charge in [-0.25, -0.2) is 0 Å². The molecule has 0 aromatic carbocycles. The van der Waals surface area contributed by atoms with Crippen LogP contribution in [0.3, 0.4) is 0 Å². The number of aromatic nitrogens is 3. The van der Waals surface area contributed by atoms with Gasteiger partial charge in [0.1, 0.15) is 17.5 Å². The summed E-state index contributed by atoms with van der Waals surface area (Å²) in [5.41, 5.74) is 1.69. The van der Waals surface area contributed by atoms with Crippen LogP contribution in [0, 0.1) is 11.8 Å². The van der Waals surface area contributed by atoms with E-state index in [1.165, 1.54) is 0 Å². The Morgan fingerprint density at radius 2 is 2.23 bits per heavy atom. The summed E-state index contributed by atoms with van der Waals surface area (Å²) < 4.78 is 7.89. The van der Waals surface area contributed by atoms with Gasteiger partial charge in [-0.2, -0.15) is 5.10 Å².